The second-order valence-electron chi connectivity index (χ2n) is 4.00. The molecule has 0 aliphatic heterocycles. The van der Waals surface area contributed by atoms with Crippen molar-refractivity contribution in [2.24, 2.45) is 0 Å². The normalized spacial score (nSPS) is 12.4. The Balaban J connectivity index is 3.46. The number of sulfonamides is 1. The van der Waals surface area contributed by atoms with Gasteiger partial charge in [0.25, 0.3) is 0 Å². The highest BCUT2D eigenvalue weighted by molar-refractivity contribution is 9.10. The molecular formula is C11H14BrF2NO2S. The third kappa shape index (κ3) is 2.89. The first-order chi connectivity index (χ1) is 8.21. The van der Waals surface area contributed by atoms with Crippen LogP contribution < -0.4 is 0 Å². The molecule has 3 nitrogen and oxygen atoms in total. The van der Waals surface area contributed by atoms with Gasteiger partial charge in [-0.3, -0.25) is 0 Å². The van der Waals surface area contributed by atoms with Crippen LogP contribution in [0, 0.1) is 11.6 Å². The van der Waals surface area contributed by atoms with Gasteiger partial charge in [-0.15, -0.1) is 0 Å². The minimum absolute atomic E-state index is 0.112. The maximum Gasteiger partial charge on any atom is 0.247 e. The molecular weight excluding hydrogens is 328 g/mol. The van der Waals surface area contributed by atoms with Crippen LogP contribution in [0.5, 0.6) is 0 Å². The molecule has 0 aliphatic carbocycles. The quantitative estimate of drug-likeness (QED) is 0.843. The second-order valence-corrected chi connectivity index (χ2v) is 6.68. The highest BCUT2D eigenvalue weighted by atomic mass is 79.9. The Bertz CT molecular complexity index is 523. The van der Waals surface area contributed by atoms with Crippen molar-refractivity contribution in [1.82, 2.24) is 4.31 Å². The molecule has 1 rings (SSSR count). The number of halogens is 3. The number of hydrogen-bond donors (Lipinski definition) is 0. The molecule has 0 radical (unpaired) electrons. The van der Waals surface area contributed by atoms with Crippen LogP contribution in [0.15, 0.2) is 21.5 Å². The standard InChI is InChI=1S/C11H14BrF2NO2S/c1-4-15(7(2)3)18(16,17)11-9(12)5-8(13)6-10(11)14/h5-7H,4H2,1-3H3. The Kier molecular flexibility index (Phi) is 4.85. The summed E-state index contributed by atoms with van der Waals surface area (Å²) in [4.78, 5) is -0.528. The molecule has 0 heterocycles. The maximum atomic E-state index is 13.7. The fraction of sp³-hybridized carbons (Fsp3) is 0.455. The van der Waals surface area contributed by atoms with E-state index in [0.717, 1.165) is 10.4 Å². The van der Waals surface area contributed by atoms with E-state index in [1.54, 1.807) is 20.8 Å². The van der Waals surface area contributed by atoms with E-state index in [2.05, 4.69) is 15.9 Å². The number of hydrogen-bond acceptors (Lipinski definition) is 2. The van der Waals surface area contributed by atoms with Crippen LogP contribution in [-0.4, -0.2) is 25.3 Å². The average Bonchev–Trinajstić information content (AvgIpc) is 2.14. The van der Waals surface area contributed by atoms with Crippen molar-refractivity contribution in [3.05, 3.63) is 28.2 Å². The van der Waals surface area contributed by atoms with Gasteiger partial charge in [-0.25, -0.2) is 17.2 Å². The van der Waals surface area contributed by atoms with Crippen molar-refractivity contribution in [2.75, 3.05) is 6.54 Å². The van der Waals surface area contributed by atoms with Crippen LogP contribution in [0.25, 0.3) is 0 Å². The summed E-state index contributed by atoms with van der Waals surface area (Å²) in [6.45, 7) is 5.25. The molecule has 0 amide bonds. The summed E-state index contributed by atoms with van der Waals surface area (Å²) in [6.07, 6.45) is 0. The number of rotatable bonds is 4. The first-order valence-corrected chi connectivity index (χ1v) is 7.61. The van der Waals surface area contributed by atoms with Crippen LogP contribution in [0.2, 0.25) is 0 Å². The third-order valence-corrected chi connectivity index (χ3v) is 5.53. The Morgan fingerprint density at radius 3 is 2.28 bits per heavy atom. The van der Waals surface area contributed by atoms with E-state index < -0.39 is 26.6 Å². The molecule has 1 aromatic rings. The zero-order valence-corrected chi connectivity index (χ0v) is 12.6. The van der Waals surface area contributed by atoms with Crippen LogP contribution in [0.1, 0.15) is 20.8 Å². The van der Waals surface area contributed by atoms with Gasteiger partial charge in [0, 0.05) is 23.1 Å². The zero-order chi connectivity index (χ0) is 14.1. The topological polar surface area (TPSA) is 37.4 Å². The second kappa shape index (κ2) is 5.63. The van der Waals surface area contributed by atoms with Gasteiger partial charge in [0.05, 0.1) is 0 Å². The molecule has 102 valence electrons. The molecule has 0 bridgehead atoms. The van der Waals surface area contributed by atoms with E-state index in [1.807, 2.05) is 0 Å². The summed E-state index contributed by atoms with van der Waals surface area (Å²) in [5.41, 5.74) is 0. The molecule has 1 aromatic carbocycles. The summed E-state index contributed by atoms with van der Waals surface area (Å²) < 4.78 is 52.3. The van der Waals surface area contributed by atoms with E-state index in [4.69, 9.17) is 0 Å². The molecule has 0 saturated heterocycles. The molecule has 7 heteroatoms. The monoisotopic (exact) mass is 341 g/mol. The van der Waals surface area contributed by atoms with Crippen LogP contribution in [-0.2, 0) is 10.0 Å². The van der Waals surface area contributed by atoms with Crippen molar-refractivity contribution < 1.29 is 17.2 Å². The highest BCUT2D eigenvalue weighted by Crippen LogP contribution is 2.29. The minimum Gasteiger partial charge on any atom is -0.207 e. The number of benzene rings is 1. The van der Waals surface area contributed by atoms with Gasteiger partial charge < -0.3 is 0 Å². The van der Waals surface area contributed by atoms with E-state index in [9.17, 15) is 17.2 Å². The summed E-state index contributed by atoms with van der Waals surface area (Å²) >= 11 is 2.89. The molecule has 0 aliphatic rings. The molecule has 0 atom stereocenters. The number of nitrogens with zero attached hydrogens (tertiary/aromatic N) is 1. The molecule has 18 heavy (non-hydrogen) atoms. The predicted molar refractivity (Wildman–Crippen MR) is 68.8 cm³/mol. The summed E-state index contributed by atoms with van der Waals surface area (Å²) in [5, 5.41) is 0. The molecule has 0 aromatic heterocycles. The van der Waals surface area contributed by atoms with Crippen molar-refractivity contribution in [3.8, 4) is 0 Å². The van der Waals surface area contributed by atoms with Crippen molar-refractivity contribution in [2.45, 2.75) is 31.7 Å². The molecule has 0 unspecified atom stereocenters. The summed E-state index contributed by atoms with van der Waals surface area (Å²) in [5.74, 6) is -1.92. The van der Waals surface area contributed by atoms with Gasteiger partial charge in [0.15, 0.2) is 0 Å². The lowest BCUT2D eigenvalue weighted by Gasteiger charge is -2.25. The Labute approximate surface area is 114 Å². The zero-order valence-electron chi connectivity index (χ0n) is 10.2. The van der Waals surface area contributed by atoms with Gasteiger partial charge in [0.1, 0.15) is 16.5 Å². The molecule has 0 saturated carbocycles. The Hall–Kier alpha value is -0.530. The van der Waals surface area contributed by atoms with Crippen molar-refractivity contribution >= 4 is 26.0 Å². The van der Waals surface area contributed by atoms with E-state index in [0.29, 0.717) is 6.07 Å². The Morgan fingerprint density at radius 2 is 1.89 bits per heavy atom. The Morgan fingerprint density at radius 1 is 1.33 bits per heavy atom. The fourth-order valence-electron chi connectivity index (χ4n) is 1.71. The van der Waals surface area contributed by atoms with E-state index in [-0.39, 0.29) is 17.1 Å². The van der Waals surface area contributed by atoms with E-state index >= 15 is 0 Å². The van der Waals surface area contributed by atoms with Gasteiger partial charge in [-0.2, -0.15) is 4.31 Å². The SMILES string of the molecule is CCN(C(C)C)S(=O)(=O)c1c(F)cc(F)cc1Br. The summed E-state index contributed by atoms with van der Waals surface area (Å²) in [7, 11) is -3.98. The van der Waals surface area contributed by atoms with Crippen molar-refractivity contribution in [3.63, 3.8) is 0 Å². The van der Waals surface area contributed by atoms with Gasteiger partial charge in [-0.05, 0) is 35.8 Å². The first kappa shape index (κ1) is 15.5. The average molecular weight is 342 g/mol. The van der Waals surface area contributed by atoms with E-state index in [1.165, 1.54) is 0 Å². The summed E-state index contributed by atoms with van der Waals surface area (Å²) in [6, 6.07) is 1.19. The minimum atomic E-state index is -3.98. The fourth-order valence-corrected chi connectivity index (χ4v) is 4.47. The lowest BCUT2D eigenvalue weighted by atomic mass is 10.3. The van der Waals surface area contributed by atoms with Crippen LogP contribution in [0.4, 0.5) is 8.78 Å². The van der Waals surface area contributed by atoms with Gasteiger partial charge in [0.2, 0.25) is 10.0 Å². The predicted octanol–water partition coefficient (Wildman–Crippen LogP) is 3.15. The molecule has 0 fully saturated rings. The lowest BCUT2D eigenvalue weighted by molar-refractivity contribution is 0.366. The van der Waals surface area contributed by atoms with Crippen LogP contribution >= 0.6 is 15.9 Å². The van der Waals surface area contributed by atoms with Crippen LogP contribution in [0.3, 0.4) is 0 Å². The lowest BCUT2D eigenvalue weighted by Crippen LogP contribution is -2.37. The largest absolute Gasteiger partial charge is 0.247 e. The van der Waals surface area contributed by atoms with Gasteiger partial charge in [-0.1, -0.05) is 6.92 Å². The smallest absolute Gasteiger partial charge is 0.207 e. The molecule has 0 spiro atoms. The van der Waals surface area contributed by atoms with Crippen molar-refractivity contribution in [1.29, 1.82) is 0 Å². The highest BCUT2D eigenvalue weighted by Gasteiger charge is 2.31. The van der Waals surface area contributed by atoms with Gasteiger partial charge >= 0.3 is 0 Å². The first-order valence-electron chi connectivity index (χ1n) is 5.38. The third-order valence-electron chi connectivity index (χ3n) is 2.42. The molecule has 0 N–H and O–H groups in total. The maximum absolute atomic E-state index is 13.7.